The average Bonchev–Trinajstić information content (AvgIpc) is 2.16. The molecule has 0 fully saturated rings. The maximum absolute atomic E-state index is 6.09. The summed E-state index contributed by atoms with van der Waals surface area (Å²) in [4.78, 5) is 0. The van der Waals surface area contributed by atoms with E-state index >= 15 is 0 Å². The van der Waals surface area contributed by atoms with Crippen LogP contribution in [0.3, 0.4) is 0 Å². The summed E-state index contributed by atoms with van der Waals surface area (Å²) in [6, 6.07) is 6.25. The van der Waals surface area contributed by atoms with Gasteiger partial charge in [-0.2, -0.15) is 0 Å². The SMILES string of the molecule is NCCCC[C@H](N)c1cc(Br)cc(Br)c1. The van der Waals surface area contributed by atoms with E-state index in [9.17, 15) is 0 Å². The monoisotopic (exact) mass is 334 g/mol. The fourth-order valence-electron chi connectivity index (χ4n) is 1.46. The Balaban J connectivity index is 2.60. The van der Waals surface area contributed by atoms with Gasteiger partial charge in [0.2, 0.25) is 0 Å². The van der Waals surface area contributed by atoms with Crippen molar-refractivity contribution in [3.63, 3.8) is 0 Å². The fraction of sp³-hybridized carbons (Fsp3) is 0.455. The molecule has 0 aliphatic carbocycles. The maximum Gasteiger partial charge on any atom is 0.0295 e. The van der Waals surface area contributed by atoms with E-state index < -0.39 is 0 Å². The molecule has 0 unspecified atom stereocenters. The minimum absolute atomic E-state index is 0.102. The normalized spacial score (nSPS) is 12.8. The molecule has 0 saturated heterocycles. The first-order valence-corrected chi connectivity index (χ1v) is 6.63. The quantitative estimate of drug-likeness (QED) is 0.811. The summed E-state index contributed by atoms with van der Waals surface area (Å²) < 4.78 is 2.11. The Kier molecular flexibility index (Phi) is 5.82. The molecule has 2 nitrogen and oxygen atoms in total. The molecule has 1 aromatic rings. The Morgan fingerprint density at radius 3 is 2.20 bits per heavy atom. The molecule has 0 radical (unpaired) electrons. The van der Waals surface area contributed by atoms with E-state index in [1.165, 1.54) is 0 Å². The molecule has 1 aromatic carbocycles. The fourth-order valence-corrected chi connectivity index (χ4v) is 2.79. The van der Waals surface area contributed by atoms with Crippen LogP contribution < -0.4 is 11.5 Å². The first-order valence-electron chi connectivity index (χ1n) is 5.05. The van der Waals surface area contributed by atoms with Crippen molar-refractivity contribution >= 4 is 31.9 Å². The summed E-state index contributed by atoms with van der Waals surface area (Å²) in [5, 5.41) is 0. The maximum atomic E-state index is 6.09. The van der Waals surface area contributed by atoms with Gasteiger partial charge in [-0.05, 0) is 43.1 Å². The highest BCUT2D eigenvalue weighted by Crippen LogP contribution is 2.25. The minimum Gasteiger partial charge on any atom is -0.330 e. The third-order valence-corrected chi connectivity index (χ3v) is 3.20. The third kappa shape index (κ3) is 4.64. The highest BCUT2D eigenvalue weighted by atomic mass is 79.9. The highest BCUT2D eigenvalue weighted by Gasteiger charge is 2.07. The number of hydrogen-bond donors (Lipinski definition) is 2. The minimum atomic E-state index is 0.102. The van der Waals surface area contributed by atoms with Crippen molar-refractivity contribution < 1.29 is 0 Å². The zero-order chi connectivity index (χ0) is 11.3. The second-order valence-electron chi connectivity index (χ2n) is 3.59. The van der Waals surface area contributed by atoms with Gasteiger partial charge in [-0.1, -0.05) is 38.3 Å². The van der Waals surface area contributed by atoms with Gasteiger partial charge in [0.25, 0.3) is 0 Å². The van der Waals surface area contributed by atoms with Crippen molar-refractivity contribution in [1.82, 2.24) is 0 Å². The first-order chi connectivity index (χ1) is 7.13. The van der Waals surface area contributed by atoms with Crippen LogP contribution in [0.5, 0.6) is 0 Å². The average molecular weight is 336 g/mol. The molecule has 0 heterocycles. The zero-order valence-corrected chi connectivity index (χ0v) is 11.7. The Labute approximate surface area is 108 Å². The van der Waals surface area contributed by atoms with E-state index in [-0.39, 0.29) is 6.04 Å². The van der Waals surface area contributed by atoms with Crippen molar-refractivity contribution in [3.8, 4) is 0 Å². The lowest BCUT2D eigenvalue weighted by Gasteiger charge is -2.12. The van der Waals surface area contributed by atoms with Crippen LogP contribution in [0.4, 0.5) is 0 Å². The van der Waals surface area contributed by atoms with Crippen LogP contribution in [-0.4, -0.2) is 6.54 Å². The number of hydrogen-bond acceptors (Lipinski definition) is 2. The Morgan fingerprint density at radius 1 is 1.07 bits per heavy atom. The molecule has 1 atom stereocenters. The topological polar surface area (TPSA) is 52.0 Å². The zero-order valence-electron chi connectivity index (χ0n) is 8.55. The summed E-state index contributed by atoms with van der Waals surface area (Å²) in [6.07, 6.45) is 3.12. The largest absolute Gasteiger partial charge is 0.330 e. The lowest BCUT2D eigenvalue weighted by atomic mass is 10.0. The predicted octanol–water partition coefficient (Wildman–Crippen LogP) is 3.34. The summed E-state index contributed by atoms with van der Waals surface area (Å²) in [5.41, 5.74) is 12.7. The summed E-state index contributed by atoms with van der Waals surface area (Å²) in [7, 11) is 0. The van der Waals surface area contributed by atoms with Gasteiger partial charge in [0.1, 0.15) is 0 Å². The van der Waals surface area contributed by atoms with Crippen molar-refractivity contribution in [3.05, 3.63) is 32.7 Å². The molecular formula is C11H16Br2N2. The van der Waals surface area contributed by atoms with E-state index in [4.69, 9.17) is 11.5 Å². The molecule has 0 amide bonds. The summed E-state index contributed by atoms with van der Waals surface area (Å²) in [5.74, 6) is 0. The van der Waals surface area contributed by atoms with Crippen LogP contribution >= 0.6 is 31.9 Å². The second-order valence-corrected chi connectivity index (χ2v) is 5.43. The first kappa shape index (κ1) is 13.2. The van der Waals surface area contributed by atoms with Gasteiger partial charge in [0.05, 0.1) is 0 Å². The summed E-state index contributed by atoms with van der Waals surface area (Å²) in [6.45, 7) is 0.745. The van der Waals surface area contributed by atoms with Gasteiger partial charge in [0, 0.05) is 15.0 Å². The Hall–Kier alpha value is 0.1000. The molecular weight excluding hydrogens is 320 g/mol. The Morgan fingerprint density at radius 2 is 1.67 bits per heavy atom. The van der Waals surface area contributed by atoms with Crippen LogP contribution in [0.2, 0.25) is 0 Å². The van der Waals surface area contributed by atoms with Gasteiger partial charge >= 0.3 is 0 Å². The molecule has 0 spiro atoms. The molecule has 84 valence electrons. The highest BCUT2D eigenvalue weighted by molar-refractivity contribution is 9.11. The van der Waals surface area contributed by atoms with Crippen LogP contribution in [0.25, 0.3) is 0 Å². The molecule has 0 saturated carbocycles. The van der Waals surface area contributed by atoms with Gasteiger partial charge in [-0.15, -0.1) is 0 Å². The Bertz CT molecular complexity index is 295. The van der Waals surface area contributed by atoms with Crippen molar-refractivity contribution in [2.45, 2.75) is 25.3 Å². The standard InChI is InChI=1S/C11H16Br2N2/c12-9-5-8(6-10(13)7-9)11(15)3-1-2-4-14/h5-7,11H,1-4,14-15H2/t11-/m0/s1. The van der Waals surface area contributed by atoms with Crippen LogP contribution in [-0.2, 0) is 0 Å². The molecule has 4 N–H and O–H groups in total. The van der Waals surface area contributed by atoms with E-state index in [1.54, 1.807) is 0 Å². The van der Waals surface area contributed by atoms with Crippen LogP contribution in [0.1, 0.15) is 30.9 Å². The molecule has 0 aliphatic heterocycles. The molecule has 15 heavy (non-hydrogen) atoms. The number of halogens is 2. The predicted molar refractivity (Wildman–Crippen MR) is 71.7 cm³/mol. The number of nitrogens with two attached hydrogens (primary N) is 2. The van der Waals surface area contributed by atoms with E-state index in [1.807, 2.05) is 6.07 Å². The van der Waals surface area contributed by atoms with Gasteiger partial charge < -0.3 is 11.5 Å². The van der Waals surface area contributed by atoms with E-state index in [0.717, 1.165) is 40.3 Å². The summed E-state index contributed by atoms with van der Waals surface area (Å²) >= 11 is 6.92. The molecule has 0 bridgehead atoms. The van der Waals surface area contributed by atoms with Crippen molar-refractivity contribution in [1.29, 1.82) is 0 Å². The molecule has 0 aromatic heterocycles. The van der Waals surface area contributed by atoms with Gasteiger partial charge in [-0.3, -0.25) is 0 Å². The van der Waals surface area contributed by atoms with Gasteiger partial charge in [0.15, 0.2) is 0 Å². The second kappa shape index (κ2) is 6.63. The molecule has 0 aliphatic rings. The lowest BCUT2D eigenvalue weighted by molar-refractivity contribution is 0.590. The smallest absolute Gasteiger partial charge is 0.0295 e. The number of unbranched alkanes of at least 4 members (excludes halogenated alkanes) is 1. The number of rotatable bonds is 5. The lowest BCUT2D eigenvalue weighted by Crippen LogP contribution is -2.11. The third-order valence-electron chi connectivity index (χ3n) is 2.28. The van der Waals surface area contributed by atoms with E-state index in [2.05, 4.69) is 44.0 Å². The van der Waals surface area contributed by atoms with E-state index in [0.29, 0.717) is 0 Å². The van der Waals surface area contributed by atoms with Crippen LogP contribution in [0.15, 0.2) is 27.1 Å². The van der Waals surface area contributed by atoms with Crippen molar-refractivity contribution in [2.75, 3.05) is 6.54 Å². The van der Waals surface area contributed by atoms with Gasteiger partial charge in [-0.25, -0.2) is 0 Å². The molecule has 1 rings (SSSR count). The molecule has 4 heteroatoms. The number of benzene rings is 1. The van der Waals surface area contributed by atoms with Crippen molar-refractivity contribution in [2.24, 2.45) is 11.5 Å². The van der Waals surface area contributed by atoms with Crippen LogP contribution in [0, 0.1) is 0 Å².